The van der Waals surface area contributed by atoms with Gasteiger partial charge in [0.15, 0.2) is 0 Å². The highest BCUT2D eigenvalue weighted by Crippen LogP contribution is 2.34. The molecular formula is C23H29N3O3S. The van der Waals surface area contributed by atoms with Gasteiger partial charge in [0.2, 0.25) is 0 Å². The smallest absolute Gasteiger partial charge is 0.259 e. The van der Waals surface area contributed by atoms with Crippen LogP contribution >= 0.6 is 11.3 Å². The van der Waals surface area contributed by atoms with E-state index < -0.39 is 6.10 Å². The first-order valence-electron chi connectivity index (χ1n) is 10.7. The number of H-pyrrole nitrogens is 1. The maximum Gasteiger partial charge on any atom is 0.259 e. The van der Waals surface area contributed by atoms with Crippen molar-refractivity contribution in [2.45, 2.75) is 51.9 Å². The average molecular weight is 428 g/mol. The number of ether oxygens (including phenoxy) is 1. The van der Waals surface area contributed by atoms with Crippen molar-refractivity contribution < 1.29 is 9.84 Å². The number of hydrogen-bond acceptors (Lipinski definition) is 6. The van der Waals surface area contributed by atoms with Crippen molar-refractivity contribution in [1.82, 2.24) is 14.9 Å². The second-order valence-electron chi connectivity index (χ2n) is 7.94. The standard InChI is InChI=1S/C23H29N3O3S/c1-2-11-26(12-17(27)15-29-14-16-7-4-3-5-8-16)13-20-24-22(28)21-18-9-6-10-19(18)30-23(21)25-20/h3-5,7-8,17,27H,2,6,9-15H2,1H3,(H,24,25,28)/t17-/m1/s1. The zero-order chi connectivity index (χ0) is 20.9. The Labute approximate surface area is 180 Å². The molecule has 0 spiro atoms. The van der Waals surface area contributed by atoms with Gasteiger partial charge in [0, 0.05) is 11.4 Å². The summed E-state index contributed by atoms with van der Waals surface area (Å²) in [6.07, 6.45) is 3.53. The maximum atomic E-state index is 12.7. The lowest BCUT2D eigenvalue weighted by Gasteiger charge is -2.24. The summed E-state index contributed by atoms with van der Waals surface area (Å²) >= 11 is 1.66. The number of benzene rings is 1. The number of nitrogens with one attached hydrogen (secondary N) is 1. The minimum atomic E-state index is -0.596. The SMILES string of the molecule is CCCN(Cc1nc2sc3c(c2c(=O)[nH]1)CCC3)C[C@@H](O)COCc1ccccc1. The third kappa shape index (κ3) is 4.98. The van der Waals surface area contributed by atoms with Crippen LogP contribution in [0.2, 0.25) is 0 Å². The Morgan fingerprint density at radius 2 is 2.13 bits per heavy atom. The van der Waals surface area contributed by atoms with Gasteiger partial charge in [-0.1, -0.05) is 37.3 Å². The molecule has 30 heavy (non-hydrogen) atoms. The summed E-state index contributed by atoms with van der Waals surface area (Å²) < 4.78 is 5.67. The molecule has 160 valence electrons. The summed E-state index contributed by atoms with van der Waals surface area (Å²) in [5.41, 5.74) is 2.26. The Morgan fingerprint density at radius 3 is 2.93 bits per heavy atom. The summed E-state index contributed by atoms with van der Waals surface area (Å²) in [5.74, 6) is 0.665. The number of aromatic amines is 1. The topological polar surface area (TPSA) is 78.5 Å². The minimum absolute atomic E-state index is 0.0300. The van der Waals surface area contributed by atoms with Gasteiger partial charge in [-0.15, -0.1) is 11.3 Å². The summed E-state index contributed by atoms with van der Waals surface area (Å²) in [6.45, 7) is 4.67. The lowest BCUT2D eigenvalue weighted by Crippen LogP contribution is -2.36. The quantitative estimate of drug-likeness (QED) is 0.519. The minimum Gasteiger partial charge on any atom is -0.389 e. The highest BCUT2D eigenvalue weighted by atomic mass is 32.1. The summed E-state index contributed by atoms with van der Waals surface area (Å²) in [4.78, 5) is 24.7. The molecule has 1 aliphatic carbocycles. The number of fused-ring (bicyclic) bond motifs is 3. The number of hydrogen-bond donors (Lipinski definition) is 2. The third-order valence-electron chi connectivity index (χ3n) is 5.43. The number of aryl methyl sites for hydroxylation is 2. The fraction of sp³-hybridized carbons (Fsp3) is 0.478. The molecule has 0 fully saturated rings. The van der Waals surface area contributed by atoms with Crippen LogP contribution in [0.4, 0.5) is 0 Å². The van der Waals surface area contributed by atoms with Crippen LogP contribution in [0, 0.1) is 0 Å². The third-order valence-corrected chi connectivity index (χ3v) is 6.61. The van der Waals surface area contributed by atoms with Gasteiger partial charge in [-0.25, -0.2) is 4.98 Å². The summed E-state index contributed by atoms with van der Waals surface area (Å²) in [6, 6.07) is 9.94. The number of thiophene rings is 1. The van der Waals surface area contributed by atoms with Crippen molar-refractivity contribution in [3.8, 4) is 0 Å². The Kier molecular flexibility index (Phi) is 6.94. The van der Waals surface area contributed by atoms with E-state index in [1.807, 2.05) is 30.3 Å². The van der Waals surface area contributed by atoms with E-state index in [9.17, 15) is 9.90 Å². The molecule has 0 bridgehead atoms. The van der Waals surface area contributed by atoms with Crippen LogP contribution in [0.25, 0.3) is 10.2 Å². The van der Waals surface area contributed by atoms with Gasteiger partial charge in [-0.3, -0.25) is 9.69 Å². The zero-order valence-corrected chi connectivity index (χ0v) is 18.2. The lowest BCUT2D eigenvalue weighted by atomic mass is 10.2. The molecule has 0 saturated carbocycles. The predicted molar refractivity (Wildman–Crippen MR) is 120 cm³/mol. The number of rotatable bonds is 10. The Hall–Kier alpha value is -2.06. The largest absolute Gasteiger partial charge is 0.389 e. The Balaban J connectivity index is 1.37. The second kappa shape index (κ2) is 9.83. The fourth-order valence-electron chi connectivity index (χ4n) is 4.12. The summed E-state index contributed by atoms with van der Waals surface area (Å²) in [7, 11) is 0. The van der Waals surface area contributed by atoms with Crippen molar-refractivity contribution in [1.29, 1.82) is 0 Å². The van der Waals surface area contributed by atoms with Crippen molar-refractivity contribution in [2.24, 2.45) is 0 Å². The molecule has 3 aromatic rings. The molecule has 2 aromatic heterocycles. The Bertz CT molecular complexity index is 1030. The lowest BCUT2D eigenvalue weighted by molar-refractivity contribution is 0.00820. The van der Waals surface area contributed by atoms with Gasteiger partial charge in [-0.2, -0.15) is 0 Å². The second-order valence-corrected chi connectivity index (χ2v) is 9.02. The molecule has 2 N–H and O–H groups in total. The number of aliphatic hydroxyl groups excluding tert-OH is 1. The summed E-state index contributed by atoms with van der Waals surface area (Å²) in [5, 5.41) is 11.2. The van der Waals surface area contributed by atoms with E-state index >= 15 is 0 Å². The van der Waals surface area contributed by atoms with Gasteiger partial charge in [0.25, 0.3) is 5.56 Å². The fourth-order valence-corrected chi connectivity index (χ4v) is 5.40. The van der Waals surface area contributed by atoms with Crippen molar-refractivity contribution in [3.05, 3.63) is 62.5 Å². The molecule has 6 nitrogen and oxygen atoms in total. The number of nitrogens with zero attached hydrogens (tertiary/aromatic N) is 2. The van der Waals surface area contributed by atoms with E-state index in [0.29, 0.717) is 25.5 Å². The van der Waals surface area contributed by atoms with E-state index in [1.165, 1.54) is 10.4 Å². The molecule has 7 heteroatoms. The molecular weight excluding hydrogens is 398 g/mol. The highest BCUT2D eigenvalue weighted by Gasteiger charge is 2.21. The predicted octanol–water partition coefficient (Wildman–Crippen LogP) is 3.26. The zero-order valence-electron chi connectivity index (χ0n) is 17.4. The van der Waals surface area contributed by atoms with Crippen LogP contribution in [-0.2, 0) is 30.7 Å². The van der Waals surface area contributed by atoms with Crippen LogP contribution in [0.5, 0.6) is 0 Å². The van der Waals surface area contributed by atoms with Crippen LogP contribution < -0.4 is 5.56 Å². The average Bonchev–Trinajstić information content (AvgIpc) is 3.30. The monoisotopic (exact) mass is 427 g/mol. The Morgan fingerprint density at radius 1 is 1.30 bits per heavy atom. The van der Waals surface area contributed by atoms with Gasteiger partial charge in [0.05, 0.1) is 31.2 Å². The van der Waals surface area contributed by atoms with E-state index in [-0.39, 0.29) is 12.2 Å². The molecule has 0 aliphatic heterocycles. The van der Waals surface area contributed by atoms with E-state index in [2.05, 4.69) is 16.8 Å². The van der Waals surface area contributed by atoms with Crippen LogP contribution in [0.3, 0.4) is 0 Å². The molecule has 0 unspecified atom stereocenters. The molecule has 1 atom stereocenters. The molecule has 2 heterocycles. The van der Waals surface area contributed by atoms with E-state index in [4.69, 9.17) is 9.72 Å². The molecule has 1 aliphatic rings. The number of aliphatic hydroxyl groups is 1. The molecule has 0 radical (unpaired) electrons. The first kappa shape index (κ1) is 21.2. The number of aromatic nitrogens is 2. The first-order valence-corrected chi connectivity index (χ1v) is 11.5. The van der Waals surface area contributed by atoms with Gasteiger partial charge in [0.1, 0.15) is 10.7 Å². The van der Waals surface area contributed by atoms with Gasteiger partial charge in [-0.05, 0) is 43.4 Å². The molecule has 1 aromatic carbocycles. The van der Waals surface area contributed by atoms with Crippen molar-refractivity contribution in [3.63, 3.8) is 0 Å². The van der Waals surface area contributed by atoms with Crippen molar-refractivity contribution >= 4 is 21.6 Å². The maximum absolute atomic E-state index is 12.7. The van der Waals surface area contributed by atoms with Gasteiger partial charge < -0.3 is 14.8 Å². The van der Waals surface area contributed by atoms with Gasteiger partial charge >= 0.3 is 0 Å². The highest BCUT2D eigenvalue weighted by molar-refractivity contribution is 7.18. The van der Waals surface area contributed by atoms with Crippen LogP contribution in [0.1, 0.15) is 41.6 Å². The molecule has 0 amide bonds. The molecule has 4 rings (SSSR count). The van der Waals surface area contributed by atoms with Crippen LogP contribution in [0.15, 0.2) is 35.1 Å². The van der Waals surface area contributed by atoms with E-state index in [0.717, 1.165) is 48.0 Å². The normalized spacial score (nSPS) is 14.5. The van der Waals surface area contributed by atoms with Crippen molar-refractivity contribution in [2.75, 3.05) is 19.7 Å². The first-order chi connectivity index (χ1) is 14.6. The molecule has 0 saturated heterocycles. The van der Waals surface area contributed by atoms with Crippen LogP contribution in [-0.4, -0.2) is 45.8 Å². The van der Waals surface area contributed by atoms with E-state index in [1.54, 1.807) is 11.3 Å².